The molecule has 0 spiro atoms. The smallest absolute Gasteiger partial charge is 0.246 e. The lowest BCUT2D eigenvalue weighted by atomic mass is 10.2. The van der Waals surface area contributed by atoms with Crippen LogP contribution in [0.2, 0.25) is 0 Å². The summed E-state index contributed by atoms with van der Waals surface area (Å²) in [7, 11) is 0. The standard InChI is InChI=1S/C15H16N2OS2/c1-2-9-19-12-7-4-3-6-11(12)17-15(18)14(16)13-8-5-10-20-13/h2-8,10,14H,1,9,16H2,(H,17,18). The van der Waals surface area contributed by atoms with E-state index in [4.69, 9.17) is 5.73 Å². The second-order valence-corrected chi connectivity index (χ2v) is 6.12. The number of para-hydroxylation sites is 1. The summed E-state index contributed by atoms with van der Waals surface area (Å²) in [5.41, 5.74) is 6.74. The van der Waals surface area contributed by atoms with Gasteiger partial charge in [0.1, 0.15) is 6.04 Å². The lowest BCUT2D eigenvalue weighted by Crippen LogP contribution is -2.27. The first-order valence-corrected chi connectivity index (χ1v) is 8.01. The Morgan fingerprint density at radius 2 is 2.20 bits per heavy atom. The summed E-state index contributed by atoms with van der Waals surface area (Å²) < 4.78 is 0. The molecule has 0 aliphatic rings. The van der Waals surface area contributed by atoms with Crippen LogP contribution in [-0.2, 0) is 4.79 Å². The van der Waals surface area contributed by atoms with Crippen LogP contribution in [0.15, 0.2) is 59.3 Å². The number of carbonyl (C=O) groups is 1. The fourth-order valence-corrected chi connectivity index (χ4v) is 3.12. The highest BCUT2D eigenvalue weighted by atomic mass is 32.2. The van der Waals surface area contributed by atoms with Gasteiger partial charge in [-0.1, -0.05) is 24.3 Å². The zero-order valence-corrected chi connectivity index (χ0v) is 12.5. The molecule has 0 fully saturated rings. The first-order valence-electron chi connectivity index (χ1n) is 6.15. The van der Waals surface area contributed by atoms with Gasteiger partial charge in [-0.2, -0.15) is 0 Å². The lowest BCUT2D eigenvalue weighted by molar-refractivity contribution is -0.117. The summed E-state index contributed by atoms with van der Waals surface area (Å²) in [5, 5.41) is 4.81. The van der Waals surface area contributed by atoms with Gasteiger partial charge in [0.05, 0.1) is 5.69 Å². The van der Waals surface area contributed by atoms with Gasteiger partial charge in [-0.3, -0.25) is 4.79 Å². The van der Waals surface area contributed by atoms with E-state index >= 15 is 0 Å². The van der Waals surface area contributed by atoms with Gasteiger partial charge in [0.25, 0.3) is 0 Å². The molecule has 3 nitrogen and oxygen atoms in total. The Balaban J connectivity index is 2.09. The predicted molar refractivity (Wildman–Crippen MR) is 87.2 cm³/mol. The van der Waals surface area contributed by atoms with Crippen molar-refractivity contribution in [2.75, 3.05) is 11.1 Å². The van der Waals surface area contributed by atoms with Crippen LogP contribution in [0, 0.1) is 0 Å². The van der Waals surface area contributed by atoms with Crippen LogP contribution in [0.3, 0.4) is 0 Å². The predicted octanol–water partition coefficient (Wildman–Crippen LogP) is 3.66. The highest BCUT2D eigenvalue weighted by molar-refractivity contribution is 7.99. The number of nitrogens with two attached hydrogens (primary N) is 1. The number of thioether (sulfide) groups is 1. The molecule has 0 radical (unpaired) electrons. The molecule has 1 amide bonds. The molecule has 0 aliphatic heterocycles. The Morgan fingerprint density at radius 3 is 2.90 bits per heavy atom. The third-order valence-corrected chi connectivity index (χ3v) is 4.66. The topological polar surface area (TPSA) is 55.1 Å². The molecule has 5 heteroatoms. The Kier molecular flexibility index (Phi) is 5.40. The van der Waals surface area contributed by atoms with E-state index in [2.05, 4.69) is 11.9 Å². The number of carbonyl (C=O) groups excluding carboxylic acids is 1. The largest absolute Gasteiger partial charge is 0.323 e. The molecule has 1 aromatic heterocycles. The van der Waals surface area contributed by atoms with E-state index in [0.717, 1.165) is 21.2 Å². The van der Waals surface area contributed by atoms with Crippen LogP contribution in [0.4, 0.5) is 5.69 Å². The van der Waals surface area contributed by atoms with Crippen molar-refractivity contribution in [3.63, 3.8) is 0 Å². The van der Waals surface area contributed by atoms with Crippen LogP contribution >= 0.6 is 23.1 Å². The number of amides is 1. The average Bonchev–Trinajstić information content (AvgIpc) is 2.99. The summed E-state index contributed by atoms with van der Waals surface area (Å²) in [5.74, 6) is 0.600. The van der Waals surface area contributed by atoms with E-state index in [1.165, 1.54) is 11.3 Å². The summed E-state index contributed by atoms with van der Waals surface area (Å²) in [4.78, 5) is 14.1. The Labute approximate surface area is 126 Å². The number of hydrogen-bond donors (Lipinski definition) is 2. The van der Waals surface area contributed by atoms with Crippen molar-refractivity contribution in [3.8, 4) is 0 Å². The molecule has 1 heterocycles. The quantitative estimate of drug-likeness (QED) is 0.632. The third-order valence-electron chi connectivity index (χ3n) is 2.63. The molecule has 0 bridgehead atoms. The zero-order chi connectivity index (χ0) is 14.4. The van der Waals surface area contributed by atoms with Gasteiger partial charge in [-0.15, -0.1) is 29.7 Å². The van der Waals surface area contributed by atoms with Crippen molar-refractivity contribution >= 4 is 34.7 Å². The number of anilines is 1. The lowest BCUT2D eigenvalue weighted by Gasteiger charge is -2.13. The maximum atomic E-state index is 12.2. The van der Waals surface area contributed by atoms with Crippen LogP contribution < -0.4 is 11.1 Å². The molecule has 2 aromatic rings. The van der Waals surface area contributed by atoms with Crippen LogP contribution in [0.25, 0.3) is 0 Å². The number of rotatable bonds is 6. The van der Waals surface area contributed by atoms with E-state index in [0.29, 0.717) is 0 Å². The minimum atomic E-state index is -0.632. The maximum Gasteiger partial charge on any atom is 0.246 e. The first kappa shape index (κ1) is 14.8. The van der Waals surface area contributed by atoms with Crippen LogP contribution in [-0.4, -0.2) is 11.7 Å². The first-order chi connectivity index (χ1) is 9.72. The molecular weight excluding hydrogens is 288 g/mol. The fraction of sp³-hybridized carbons (Fsp3) is 0.133. The monoisotopic (exact) mass is 304 g/mol. The Morgan fingerprint density at radius 1 is 1.40 bits per heavy atom. The van der Waals surface area contributed by atoms with Gasteiger partial charge in [0.15, 0.2) is 0 Å². The summed E-state index contributed by atoms with van der Waals surface area (Å²) >= 11 is 3.11. The van der Waals surface area contributed by atoms with Gasteiger partial charge in [-0.25, -0.2) is 0 Å². The van der Waals surface area contributed by atoms with Crippen molar-refractivity contribution < 1.29 is 4.79 Å². The van der Waals surface area contributed by atoms with Gasteiger partial charge in [0.2, 0.25) is 5.91 Å². The number of benzene rings is 1. The third kappa shape index (κ3) is 3.72. The molecule has 1 aromatic carbocycles. The van der Waals surface area contributed by atoms with Gasteiger partial charge in [-0.05, 0) is 23.6 Å². The summed E-state index contributed by atoms with van der Waals surface area (Å²) in [6.07, 6.45) is 1.83. The molecule has 3 N–H and O–H groups in total. The minimum absolute atomic E-state index is 0.195. The molecular formula is C15H16N2OS2. The minimum Gasteiger partial charge on any atom is -0.323 e. The molecule has 0 saturated carbocycles. The van der Waals surface area contributed by atoms with Gasteiger partial charge in [0, 0.05) is 15.5 Å². The molecule has 0 aliphatic carbocycles. The zero-order valence-electron chi connectivity index (χ0n) is 10.9. The van der Waals surface area contributed by atoms with Crippen molar-refractivity contribution in [1.29, 1.82) is 0 Å². The van der Waals surface area contributed by atoms with Crippen LogP contribution in [0.1, 0.15) is 10.9 Å². The molecule has 2 rings (SSSR count). The Bertz CT molecular complexity index is 581. The maximum absolute atomic E-state index is 12.2. The SMILES string of the molecule is C=CCSc1ccccc1NC(=O)C(N)c1cccs1. The van der Waals surface area contributed by atoms with E-state index in [1.54, 1.807) is 11.8 Å². The average molecular weight is 304 g/mol. The summed E-state index contributed by atoms with van der Waals surface area (Å²) in [6, 6.07) is 10.8. The highest BCUT2D eigenvalue weighted by Gasteiger charge is 2.17. The van der Waals surface area contributed by atoms with Gasteiger partial charge >= 0.3 is 0 Å². The van der Waals surface area contributed by atoms with E-state index in [-0.39, 0.29) is 5.91 Å². The molecule has 1 unspecified atom stereocenters. The van der Waals surface area contributed by atoms with Crippen LogP contribution in [0.5, 0.6) is 0 Å². The second-order valence-electron chi connectivity index (χ2n) is 4.08. The molecule has 20 heavy (non-hydrogen) atoms. The summed E-state index contributed by atoms with van der Waals surface area (Å²) in [6.45, 7) is 3.70. The second kappa shape index (κ2) is 7.28. The van der Waals surface area contributed by atoms with E-state index in [9.17, 15) is 4.79 Å². The molecule has 1 atom stereocenters. The van der Waals surface area contributed by atoms with Crippen molar-refractivity contribution in [3.05, 3.63) is 59.3 Å². The fourth-order valence-electron chi connectivity index (χ4n) is 1.65. The number of thiophene rings is 1. The Hall–Kier alpha value is -1.56. The highest BCUT2D eigenvalue weighted by Crippen LogP contribution is 2.28. The van der Waals surface area contributed by atoms with Crippen molar-refractivity contribution in [1.82, 2.24) is 0 Å². The van der Waals surface area contributed by atoms with Crippen molar-refractivity contribution in [2.45, 2.75) is 10.9 Å². The number of nitrogens with one attached hydrogen (secondary N) is 1. The van der Waals surface area contributed by atoms with E-state index < -0.39 is 6.04 Å². The molecule has 104 valence electrons. The number of hydrogen-bond acceptors (Lipinski definition) is 4. The van der Waals surface area contributed by atoms with E-state index in [1.807, 2.05) is 47.9 Å². The van der Waals surface area contributed by atoms with Gasteiger partial charge < -0.3 is 11.1 Å². The normalized spacial score (nSPS) is 11.8. The van der Waals surface area contributed by atoms with Crippen molar-refractivity contribution in [2.24, 2.45) is 5.73 Å². The molecule has 0 saturated heterocycles.